The van der Waals surface area contributed by atoms with Crippen LogP contribution in [0.4, 0.5) is 5.69 Å². The highest BCUT2D eigenvalue weighted by Gasteiger charge is 1.98. The van der Waals surface area contributed by atoms with E-state index in [9.17, 15) is 0 Å². The molecule has 0 atom stereocenters. The molecule has 0 saturated carbocycles. The van der Waals surface area contributed by atoms with Crippen LogP contribution >= 0.6 is 0 Å². The molecular formula is C10H13N3. The molecule has 0 amide bonds. The van der Waals surface area contributed by atoms with Gasteiger partial charge in [0.1, 0.15) is 0 Å². The zero-order valence-corrected chi connectivity index (χ0v) is 7.70. The first-order chi connectivity index (χ1) is 6.22. The molecule has 3 nitrogen and oxygen atoms in total. The summed E-state index contributed by atoms with van der Waals surface area (Å²) >= 11 is 0. The van der Waals surface area contributed by atoms with Gasteiger partial charge in [-0.1, -0.05) is 5.92 Å². The smallest absolute Gasteiger partial charge is 0.0599 e. The second-order valence-corrected chi connectivity index (χ2v) is 2.96. The van der Waals surface area contributed by atoms with Crippen molar-refractivity contribution in [3.05, 3.63) is 24.0 Å². The average molecular weight is 175 g/mol. The number of nitrogen functional groups attached to an aromatic ring is 1. The van der Waals surface area contributed by atoms with E-state index in [1.54, 1.807) is 6.20 Å². The molecule has 1 heterocycles. The number of nitrogens with zero attached hydrogens (tertiary/aromatic N) is 2. The minimum absolute atomic E-state index is 0.631. The van der Waals surface area contributed by atoms with E-state index < -0.39 is 0 Å². The topological polar surface area (TPSA) is 42.1 Å². The van der Waals surface area contributed by atoms with Crippen LogP contribution in [0.2, 0.25) is 0 Å². The molecule has 1 aromatic heterocycles. The molecule has 2 N–H and O–H groups in total. The summed E-state index contributed by atoms with van der Waals surface area (Å²) in [6.07, 6.45) is 6.83. The first kappa shape index (κ1) is 9.56. The van der Waals surface area contributed by atoms with Gasteiger partial charge in [0, 0.05) is 6.54 Å². The average Bonchev–Trinajstić information content (AvgIpc) is 2.09. The lowest BCUT2D eigenvalue weighted by atomic mass is 10.3. The van der Waals surface area contributed by atoms with Crippen LogP contribution in [-0.2, 0) is 6.54 Å². The molecule has 0 saturated heterocycles. The molecule has 68 valence electrons. The summed E-state index contributed by atoms with van der Waals surface area (Å²) in [7, 11) is 1.96. The van der Waals surface area contributed by atoms with E-state index in [-0.39, 0.29) is 0 Å². The van der Waals surface area contributed by atoms with Crippen molar-refractivity contribution in [2.24, 2.45) is 0 Å². The van der Waals surface area contributed by atoms with Crippen molar-refractivity contribution in [1.82, 2.24) is 9.88 Å². The maximum atomic E-state index is 5.51. The third-order valence-corrected chi connectivity index (χ3v) is 1.64. The lowest BCUT2D eigenvalue weighted by Gasteiger charge is -2.11. The van der Waals surface area contributed by atoms with Gasteiger partial charge in [-0.05, 0) is 19.2 Å². The lowest BCUT2D eigenvalue weighted by Crippen LogP contribution is -2.18. The number of aromatic nitrogens is 1. The van der Waals surface area contributed by atoms with Crippen molar-refractivity contribution in [3.63, 3.8) is 0 Å². The second-order valence-electron chi connectivity index (χ2n) is 2.96. The fourth-order valence-corrected chi connectivity index (χ4v) is 1.02. The Bertz CT molecular complexity index is 297. The van der Waals surface area contributed by atoms with Gasteiger partial charge in [0.2, 0.25) is 0 Å². The summed E-state index contributed by atoms with van der Waals surface area (Å²) in [6, 6.07) is 3.74. The molecular weight excluding hydrogens is 162 g/mol. The van der Waals surface area contributed by atoms with Crippen LogP contribution in [0.15, 0.2) is 18.3 Å². The third-order valence-electron chi connectivity index (χ3n) is 1.64. The van der Waals surface area contributed by atoms with Gasteiger partial charge >= 0.3 is 0 Å². The largest absolute Gasteiger partial charge is 0.397 e. The minimum atomic E-state index is 0.631. The highest BCUT2D eigenvalue weighted by Crippen LogP contribution is 2.02. The molecule has 0 aliphatic heterocycles. The van der Waals surface area contributed by atoms with E-state index in [4.69, 9.17) is 12.2 Å². The first-order valence-corrected chi connectivity index (χ1v) is 4.05. The van der Waals surface area contributed by atoms with Crippen molar-refractivity contribution in [2.75, 3.05) is 19.3 Å². The van der Waals surface area contributed by atoms with Crippen LogP contribution < -0.4 is 5.73 Å². The van der Waals surface area contributed by atoms with E-state index >= 15 is 0 Å². The van der Waals surface area contributed by atoms with Crippen molar-refractivity contribution in [3.8, 4) is 12.3 Å². The molecule has 1 rings (SSSR count). The molecule has 0 bridgehead atoms. The van der Waals surface area contributed by atoms with Gasteiger partial charge < -0.3 is 5.73 Å². The summed E-state index contributed by atoms with van der Waals surface area (Å²) in [6.45, 7) is 1.39. The number of nitrogens with two attached hydrogens (primary N) is 1. The summed E-state index contributed by atoms with van der Waals surface area (Å²) in [4.78, 5) is 6.18. The predicted octanol–water partition coefficient (Wildman–Crippen LogP) is 0.729. The van der Waals surface area contributed by atoms with Crippen LogP contribution in [0.3, 0.4) is 0 Å². The van der Waals surface area contributed by atoms with E-state index in [1.165, 1.54) is 0 Å². The number of hydrogen-bond acceptors (Lipinski definition) is 3. The molecule has 3 heteroatoms. The Kier molecular flexibility index (Phi) is 3.30. The number of hydrogen-bond donors (Lipinski definition) is 1. The Balaban J connectivity index is 2.55. The van der Waals surface area contributed by atoms with Crippen LogP contribution in [0.25, 0.3) is 0 Å². The Morgan fingerprint density at radius 3 is 2.92 bits per heavy atom. The monoisotopic (exact) mass is 175 g/mol. The Morgan fingerprint density at radius 2 is 2.38 bits per heavy atom. The highest BCUT2D eigenvalue weighted by atomic mass is 15.1. The van der Waals surface area contributed by atoms with Crippen LogP contribution in [0.1, 0.15) is 5.69 Å². The van der Waals surface area contributed by atoms with Crippen molar-refractivity contribution < 1.29 is 0 Å². The normalized spacial score (nSPS) is 9.92. The van der Waals surface area contributed by atoms with E-state index in [2.05, 4.69) is 10.9 Å². The van der Waals surface area contributed by atoms with Gasteiger partial charge in [-0.25, -0.2) is 0 Å². The molecule has 0 spiro atoms. The maximum Gasteiger partial charge on any atom is 0.0599 e. The quantitative estimate of drug-likeness (QED) is 0.689. The number of anilines is 1. The van der Waals surface area contributed by atoms with Crippen molar-refractivity contribution in [1.29, 1.82) is 0 Å². The first-order valence-electron chi connectivity index (χ1n) is 4.05. The number of terminal acetylenes is 1. The van der Waals surface area contributed by atoms with Gasteiger partial charge in [-0.2, -0.15) is 0 Å². The van der Waals surface area contributed by atoms with Crippen LogP contribution in [0, 0.1) is 12.3 Å². The number of pyridine rings is 1. The molecule has 0 aliphatic carbocycles. The van der Waals surface area contributed by atoms with Gasteiger partial charge in [0.25, 0.3) is 0 Å². The van der Waals surface area contributed by atoms with Crippen molar-refractivity contribution in [2.45, 2.75) is 6.54 Å². The molecule has 1 aromatic rings. The molecule has 0 aliphatic rings. The van der Waals surface area contributed by atoms with Gasteiger partial charge in [0.15, 0.2) is 0 Å². The summed E-state index contributed by atoms with van der Waals surface area (Å²) in [5, 5.41) is 0. The minimum Gasteiger partial charge on any atom is -0.397 e. The molecule has 0 fully saturated rings. The Labute approximate surface area is 78.6 Å². The van der Waals surface area contributed by atoms with E-state index in [0.717, 1.165) is 12.2 Å². The zero-order valence-electron chi connectivity index (χ0n) is 7.70. The molecule has 0 radical (unpaired) electrons. The third kappa shape index (κ3) is 3.14. The fraction of sp³-hybridized carbons (Fsp3) is 0.300. The Morgan fingerprint density at radius 1 is 1.62 bits per heavy atom. The Hall–Kier alpha value is -1.53. The summed E-state index contributed by atoms with van der Waals surface area (Å²) in [5.41, 5.74) is 7.17. The van der Waals surface area contributed by atoms with Gasteiger partial charge in [-0.15, -0.1) is 6.42 Å². The van der Waals surface area contributed by atoms with Crippen molar-refractivity contribution >= 4 is 5.69 Å². The van der Waals surface area contributed by atoms with Crippen LogP contribution in [0.5, 0.6) is 0 Å². The summed E-state index contributed by atoms with van der Waals surface area (Å²) in [5.74, 6) is 2.57. The number of rotatable bonds is 3. The molecule has 0 aromatic carbocycles. The summed E-state index contributed by atoms with van der Waals surface area (Å²) < 4.78 is 0. The second kappa shape index (κ2) is 4.48. The van der Waals surface area contributed by atoms with E-state index in [0.29, 0.717) is 12.2 Å². The lowest BCUT2D eigenvalue weighted by molar-refractivity contribution is 0.364. The van der Waals surface area contributed by atoms with Gasteiger partial charge in [-0.3, -0.25) is 9.88 Å². The zero-order chi connectivity index (χ0) is 9.68. The predicted molar refractivity (Wildman–Crippen MR) is 53.8 cm³/mol. The van der Waals surface area contributed by atoms with E-state index in [1.807, 2.05) is 24.1 Å². The molecule has 0 unspecified atom stereocenters. The van der Waals surface area contributed by atoms with Crippen LogP contribution in [-0.4, -0.2) is 23.5 Å². The SMILES string of the molecule is C#CCN(C)Cc1ccc(N)cn1. The fourth-order valence-electron chi connectivity index (χ4n) is 1.02. The van der Waals surface area contributed by atoms with Gasteiger partial charge in [0.05, 0.1) is 24.1 Å². The highest BCUT2D eigenvalue weighted by molar-refractivity contribution is 5.34. The standard InChI is InChI=1S/C10H13N3/c1-3-6-13(2)8-10-5-4-9(11)7-12-10/h1,4-5,7H,6,8,11H2,2H3. The maximum absolute atomic E-state index is 5.51. The molecule has 13 heavy (non-hydrogen) atoms.